The van der Waals surface area contributed by atoms with Crippen LogP contribution in [-0.2, 0) is 0 Å². The van der Waals surface area contributed by atoms with Crippen molar-refractivity contribution in [2.75, 3.05) is 5.01 Å². The zero-order valence-electron chi connectivity index (χ0n) is 8.24. The lowest BCUT2D eigenvalue weighted by atomic mass is 10.2. The average Bonchev–Trinajstić information content (AvgIpc) is 2.50. The molecule has 2 N–H and O–H groups in total. The first-order valence-corrected chi connectivity index (χ1v) is 5.41. The van der Waals surface area contributed by atoms with Crippen LogP contribution in [0, 0.1) is 0 Å². The molecule has 1 aliphatic rings. The molecule has 0 spiro atoms. The number of rotatable bonds is 1. The van der Waals surface area contributed by atoms with Gasteiger partial charge in [-0.25, -0.2) is 0 Å². The number of nitrogens with two attached hydrogens (primary N) is 1. The Bertz CT molecular complexity index is 417. The topological polar surface area (TPSA) is 41.6 Å². The highest BCUT2D eigenvalue weighted by Crippen LogP contribution is 2.30. The summed E-state index contributed by atoms with van der Waals surface area (Å²) in [5.41, 5.74) is 6.58. The van der Waals surface area contributed by atoms with Gasteiger partial charge in [0.1, 0.15) is 5.84 Å². The van der Waals surface area contributed by atoms with E-state index in [4.69, 9.17) is 28.9 Å². The predicted molar refractivity (Wildman–Crippen MR) is 64.6 cm³/mol. The minimum Gasteiger partial charge on any atom is -0.386 e. The van der Waals surface area contributed by atoms with Crippen LogP contribution in [0.15, 0.2) is 23.3 Å². The molecule has 0 amide bonds. The monoisotopic (exact) mass is 243 g/mol. The molecule has 1 aromatic rings. The second-order valence-corrected chi connectivity index (χ2v) is 4.40. The fourth-order valence-electron chi connectivity index (χ4n) is 1.61. The molecule has 80 valence electrons. The molecular weight excluding hydrogens is 233 g/mol. The van der Waals surface area contributed by atoms with Crippen LogP contribution in [0.4, 0.5) is 5.69 Å². The van der Waals surface area contributed by atoms with Crippen molar-refractivity contribution in [2.24, 2.45) is 10.8 Å². The lowest BCUT2D eigenvalue weighted by molar-refractivity contribution is 0.723. The summed E-state index contributed by atoms with van der Waals surface area (Å²) in [5.74, 6) is 0.647. The molecule has 1 aliphatic heterocycles. The largest absolute Gasteiger partial charge is 0.386 e. The summed E-state index contributed by atoms with van der Waals surface area (Å²) in [7, 11) is 0. The molecule has 0 aliphatic carbocycles. The van der Waals surface area contributed by atoms with Crippen LogP contribution in [0.2, 0.25) is 10.0 Å². The first-order valence-electron chi connectivity index (χ1n) is 4.65. The molecule has 3 nitrogen and oxygen atoms in total. The molecule has 0 bridgehead atoms. The summed E-state index contributed by atoms with van der Waals surface area (Å²) in [6, 6.07) is 5.70. The van der Waals surface area contributed by atoms with Crippen molar-refractivity contribution in [2.45, 2.75) is 19.4 Å². The number of amidine groups is 1. The number of benzene rings is 1. The zero-order chi connectivity index (χ0) is 11.0. The number of hydrazone groups is 1. The van der Waals surface area contributed by atoms with Crippen molar-refractivity contribution >= 4 is 34.7 Å². The van der Waals surface area contributed by atoms with E-state index in [9.17, 15) is 0 Å². The first kappa shape index (κ1) is 10.6. The maximum absolute atomic E-state index is 5.94. The normalized spacial score (nSPS) is 20.6. The van der Waals surface area contributed by atoms with Gasteiger partial charge in [0.25, 0.3) is 0 Å². The van der Waals surface area contributed by atoms with Gasteiger partial charge in [0, 0.05) is 6.42 Å². The fraction of sp³-hybridized carbons (Fsp3) is 0.300. The molecule has 1 atom stereocenters. The van der Waals surface area contributed by atoms with E-state index in [-0.39, 0.29) is 6.04 Å². The van der Waals surface area contributed by atoms with Crippen molar-refractivity contribution in [3.05, 3.63) is 28.2 Å². The zero-order valence-corrected chi connectivity index (χ0v) is 9.76. The number of nitrogens with zero attached hydrogens (tertiary/aromatic N) is 2. The highest BCUT2D eigenvalue weighted by molar-refractivity contribution is 6.42. The van der Waals surface area contributed by atoms with Crippen LogP contribution in [-0.4, -0.2) is 11.9 Å². The van der Waals surface area contributed by atoms with Gasteiger partial charge < -0.3 is 5.73 Å². The minimum atomic E-state index is 0.266. The molecule has 0 radical (unpaired) electrons. The van der Waals surface area contributed by atoms with E-state index >= 15 is 0 Å². The molecular formula is C10H11Cl2N3. The van der Waals surface area contributed by atoms with Gasteiger partial charge in [-0.05, 0) is 25.1 Å². The molecule has 1 aromatic carbocycles. The standard InChI is InChI=1S/C10H11Cl2N3/c1-6-4-10(13)14-15(6)7-2-3-8(11)9(12)5-7/h2-3,5-6H,4H2,1H3,(H2,13,14). The Morgan fingerprint density at radius 2 is 2.13 bits per heavy atom. The van der Waals surface area contributed by atoms with Crippen LogP contribution in [0.1, 0.15) is 13.3 Å². The van der Waals surface area contributed by atoms with Crippen LogP contribution in [0.25, 0.3) is 0 Å². The third-order valence-corrected chi connectivity index (χ3v) is 3.06. The highest BCUT2D eigenvalue weighted by Gasteiger charge is 2.22. The molecule has 0 saturated carbocycles. The van der Waals surface area contributed by atoms with Crippen molar-refractivity contribution in [1.29, 1.82) is 0 Å². The summed E-state index contributed by atoms with van der Waals surface area (Å²) in [4.78, 5) is 0. The predicted octanol–water partition coefficient (Wildman–Crippen LogP) is 2.86. The van der Waals surface area contributed by atoms with Gasteiger partial charge in [-0.1, -0.05) is 23.2 Å². The van der Waals surface area contributed by atoms with Crippen LogP contribution >= 0.6 is 23.2 Å². The van der Waals surface area contributed by atoms with Crippen LogP contribution < -0.4 is 10.7 Å². The van der Waals surface area contributed by atoms with Crippen molar-refractivity contribution in [3.63, 3.8) is 0 Å². The van der Waals surface area contributed by atoms with Crippen molar-refractivity contribution < 1.29 is 0 Å². The van der Waals surface area contributed by atoms with Gasteiger partial charge in [-0.2, -0.15) is 5.10 Å². The maximum Gasteiger partial charge on any atom is 0.122 e. The molecule has 2 rings (SSSR count). The number of hydrogen-bond donors (Lipinski definition) is 1. The van der Waals surface area contributed by atoms with Crippen LogP contribution in [0.5, 0.6) is 0 Å². The number of halogens is 2. The quantitative estimate of drug-likeness (QED) is 0.825. The van der Waals surface area contributed by atoms with Crippen molar-refractivity contribution in [1.82, 2.24) is 0 Å². The average molecular weight is 244 g/mol. The third-order valence-electron chi connectivity index (χ3n) is 2.33. The summed E-state index contributed by atoms with van der Waals surface area (Å²) in [6.45, 7) is 2.06. The summed E-state index contributed by atoms with van der Waals surface area (Å²) in [6.07, 6.45) is 0.778. The summed E-state index contributed by atoms with van der Waals surface area (Å²) < 4.78 is 0. The van der Waals surface area contributed by atoms with Gasteiger partial charge >= 0.3 is 0 Å². The van der Waals surface area contributed by atoms with Gasteiger partial charge in [-0.3, -0.25) is 5.01 Å². The van der Waals surface area contributed by atoms with Gasteiger partial charge in [0.2, 0.25) is 0 Å². The minimum absolute atomic E-state index is 0.266. The second-order valence-electron chi connectivity index (χ2n) is 3.59. The Labute approximate surface area is 98.5 Å². The first-order chi connectivity index (χ1) is 7.08. The molecule has 15 heavy (non-hydrogen) atoms. The summed E-state index contributed by atoms with van der Waals surface area (Å²) in [5, 5.41) is 7.17. The van der Waals surface area contributed by atoms with E-state index < -0.39 is 0 Å². The molecule has 0 aromatic heterocycles. The Morgan fingerprint density at radius 1 is 1.40 bits per heavy atom. The van der Waals surface area contributed by atoms with E-state index in [0.29, 0.717) is 15.9 Å². The Hall–Kier alpha value is -0.930. The fourth-order valence-corrected chi connectivity index (χ4v) is 1.90. The van der Waals surface area contributed by atoms with Crippen molar-refractivity contribution in [3.8, 4) is 0 Å². The van der Waals surface area contributed by atoms with E-state index in [1.807, 2.05) is 11.1 Å². The molecule has 5 heteroatoms. The molecule has 0 saturated heterocycles. The van der Waals surface area contributed by atoms with E-state index in [1.165, 1.54) is 0 Å². The van der Waals surface area contributed by atoms with E-state index in [0.717, 1.165) is 12.1 Å². The van der Waals surface area contributed by atoms with E-state index in [2.05, 4.69) is 12.0 Å². The van der Waals surface area contributed by atoms with Gasteiger partial charge in [0.05, 0.1) is 21.8 Å². The Balaban J connectivity index is 2.34. The summed E-state index contributed by atoms with van der Waals surface area (Å²) >= 11 is 11.8. The third kappa shape index (κ3) is 2.03. The second kappa shape index (κ2) is 3.91. The number of anilines is 1. The number of hydrogen-bond acceptors (Lipinski definition) is 3. The smallest absolute Gasteiger partial charge is 0.122 e. The Morgan fingerprint density at radius 3 is 2.67 bits per heavy atom. The van der Waals surface area contributed by atoms with Crippen LogP contribution in [0.3, 0.4) is 0 Å². The van der Waals surface area contributed by atoms with E-state index in [1.54, 1.807) is 12.1 Å². The molecule has 0 fully saturated rings. The lowest BCUT2D eigenvalue weighted by Gasteiger charge is -2.20. The van der Waals surface area contributed by atoms with Gasteiger partial charge in [-0.15, -0.1) is 0 Å². The highest BCUT2D eigenvalue weighted by atomic mass is 35.5. The maximum atomic E-state index is 5.94. The molecule has 1 unspecified atom stereocenters. The Kier molecular flexibility index (Phi) is 2.76. The van der Waals surface area contributed by atoms with Gasteiger partial charge in [0.15, 0.2) is 0 Å². The SMILES string of the molecule is CC1CC(N)=NN1c1ccc(Cl)c(Cl)c1. The lowest BCUT2D eigenvalue weighted by Crippen LogP contribution is -2.22. The molecule has 1 heterocycles.